The summed E-state index contributed by atoms with van der Waals surface area (Å²) in [5.74, 6) is -0.981. The summed E-state index contributed by atoms with van der Waals surface area (Å²) in [4.78, 5) is 9.25. The number of carboxylic acids is 1. The van der Waals surface area contributed by atoms with Gasteiger partial charge in [0.25, 0.3) is 0 Å². The maximum atomic E-state index is 9.25. The zero-order chi connectivity index (χ0) is 4.28. The topological polar surface area (TPSA) is 37.3 Å². The van der Waals surface area contributed by atoms with E-state index in [0.717, 1.165) is 6.08 Å². The Hall–Kier alpha value is -0.0757. The Morgan fingerprint density at radius 1 is 1.83 bits per heavy atom. The van der Waals surface area contributed by atoms with Crippen LogP contribution in [0.1, 0.15) is 0 Å². The largest absolute Gasteiger partial charge is 0.478 e. The van der Waals surface area contributed by atoms with Crippen molar-refractivity contribution in [2.45, 2.75) is 0 Å². The third-order valence-corrected chi connectivity index (χ3v) is 0.175. The van der Waals surface area contributed by atoms with E-state index >= 15 is 0 Å². The molecule has 0 aliphatic carbocycles. The van der Waals surface area contributed by atoms with Crippen molar-refractivity contribution in [3.63, 3.8) is 0 Å². The van der Waals surface area contributed by atoms with Gasteiger partial charge in [-0.3, -0.25) is 0 Å². The molecule has 0 saturated heterocycles. The molecule has 3 heteroatoms. The van der Waals surface area contributed by atoms with E-state index in [1.165, 1.54) is 0 Å². The fourth-order valence-corrected chi connectivity index (χ4v) is 0. The fourth-order valence-electron chi connectivity index (χ4n) is 0. The van der Waals surface area contributed by atoms with Crippen LogP contribution in [0.2, 0.25) is 0 Å². The molecular weight excluding hydrogens is 116 g/mol. The maximum absolute atomic E-state index is 9.25. The summed E-state index contributed by atoms with van der Waals surface area (Å²) < 4.78 is 0. The first-order chi connectivity index (χ1) is 2.27. The first-order valence-electron chi connectivity index (χ1n) is 1.12. The maximum Gasteiger partial charge on any atom is 0.327 e. The van der Waals surface area contributed by atoms with Gasteiger partial charge in [0.2, 0.25) is 0 Å². The molecule has 0 unspecified atom stereocenters. The van der Waals surface area contributed by atoms with Gasteiger partial charge in [-0.2, -0.15) is 0 Å². The Kier molecular flexibility index (Phi) is 7.66. The number of rotatable bonds is 1. The minimum atomic E-state index is -0.981. The molecule has 0 fully saturated rings. The second-order valence-electron chi connectivity index (χ2n) is 0.542. The molecule has 2 nitrogen and oxygen atoms in total. The quantitative estimate of drug-likeness (QED) is 0.397. The van der Waals surface area contributed by atoms with Crippen molar-refractivity contribution in [3.8, 4) is 0 Å². The SMILES string of the molecule is C=CC(=O)O.[Ti]. The minimum absolute atomic E-state index is 0. The van der Waals surface area contributed by atoms with Crippen molar-refractivity contribution in [1.29, 1.82) is 0 Å². The van der Waals surface area contributed by atoms with Crippen LogP contribution in [0.15, 0.2) is 12.7 Å². The second kappa shape index (κ2) is 4.92. The van der Waals surface area contributed by atoms with Crippen LogP contribution in [0.5, 0.6) is 0 Å². The zero-order valence-corrected chi connectivity index (χ0v) is 4.70. The van der Waals surface area contributed by atoms with E-state index in [2.05, 4.69) is 6.58 Å². The van der Waals surface area contributed by atoms with Crippen LogP contribution in [0.25, 0.3) is 0 Å². The summed E-state index contributed by atoms with van der Waals surface area (Å²) in [7, 11) is 0. The molecule has 0 aliphatic heterocycles. The molecule has 0 radical (unpaired) electrons. The molecule has 0 aromatic carbocycles. The molecule has 0 atom stereocenters. The van der Waals surface area contributed by atoms with Crippen molar-refractivity contribution in [2.24, 2.45) is 0 Å². The molecule has 1 N–H and O–H groups in total. The third kappa shape index (κ3) is 9.06. The molecule has 0 rings (SSSR count). The first-order valence-corrected chi connectivity index (χ1v) is 1.12. The Morgan fingerprint density at radius 3 is 2.00 bits per heavy atom. The molecule has 0 amide bonds. The minimum Gasteiger partial charge on any atom is -0.478 e. The molecular formula is C3H4O2Ti. The van der Waals surface area contributed by atoms with Gasteiger partial charge < -0.3 is 5.11 Å². The molecule has 0 aromatic rings. The van der Waals surface area contributed by atoms with Crippen molar-refractivity contribution in [1.82, 2.24) is 0 Å². The summed E-state index contributed by atoms with van der Waals surface area (Å²) in [6.45, 7) is 2.96. The van der Waals surface area contributed by atoms with E-state index in [1.54, 1.807) is 0 Å². The average molecular weight is 120 g/mol. The Bertz CT molecular complexity index is 59.8. The van der Waals surface area contributed by atoms with Crippen LogP contribution in [0, 0.1) is 0 Å². The van der Waals surface area contributed by atoms with Gasteiger partial charge >= 0.3 is 5.97 Å². The smallest absolute Gasteiger partial charge is 0.327 e. The first kappa shape index (κ1) is 9.33. The molecule has 6 heavy (non-hydrogen) atoms. The number of aliphatic carboxylic acids is 1. The Balaban J connectivity index is 0. The van der Waals surface area contributed by atoms with Gasteiger partial charge in [0.15, 0.2) is 0 Å². The molecule has 0 aromatic heterocycles. The van der Waals surface area contributed by atoms with Crippen molar-refractivity contribution in [2.75, 3.05) is 0 Å². The molecule has 0 spiro atoms. The Morgan fingerprint density at radius 2 is 2.00 bits per heavy atom. The molecule has 0 saturated carbocycles. The van der Waals surface area contributed by atoms with E-state index in [9.17, 15) is 4.79 Å². The molecule has 0 bridgehead atoms. The van der Waals surface area contributed by atoms with Crippen molar-refractivity contribution < 1.29 is 31.6 Å². The van der Waals surface area contributed by atoms with E-state index in [0.29, 0.717) is 0 Å². The van der Waals surface area contributed by atoms with Gasteiger partial charge in [0, 0.05) is 27.8 Å². The number of hydrogen-bond donors (Lipinski definition) is 1. The number of carboxylic acid groups (broad SMARTS) is 1. The summed E-state index contributed by atoms with van der Waals surface area (Å²) in [6.07, 6.45) is 0.833. The van der Waals surface area contributed by atoms with Gasteiger partial charge in [-0.25, -0.2) is 4.79 Å². The summed E-state index contributed by atoms with van der Waals surface area (Å²) in [6, 6.07) is 0. The predicted octanol–water partition coefficient (Wildman–Crippen LogP) is 0.254. The van der Waals surface area contributed by atoms with Crippen LogP contribution >= 0.6 is 0 Å². The fraction of sp³-hybridized carbons (Fsp3) is 0. The van der Waals surface area contributed by atoms with Gasteiger partial charge in [-0.1, -0.05) is 6.58 Å². The molecule has 32 valence electrons. The van der Waals surface area contributed by atoms with E-state index < -0.39 is 5.97 Å². The van der Waals surface area contributed by atoms with Gasteiger partial charge in [0.05, 0.1) is 0 Å². The standard InChI is InChI=1S/C3H4O2.Ti/c1-2-3(4)5;/h2H,1H2,(H,4,5);. The van der Waals surface area contributed by atoms with Crippen molar-refractivity contribution >= 4 is 5.97 Å². The van der Waals surface area contributed by atoms with Crippen LogP contribution in [0.3, 0.4) is 0 Å². The third-order valence-electron chi connectivity index (χ3n) is 0.175. The van der Waals surface area contributed by atoms with Gasteiger partial charge in [-0.05, 0) is 0 Å². The van der Waals surface area contributed by atoms with E-state index in [1.807, 2.05) is 0 Å². The van der Waals surface area contributed by atoms with Crippen LogP contribution < -0.4 is 0 Å². The molecule has 0 heterocycles. The Labute approximate surface area is 50.7 Å². The van der Waals surface area contributed by atoms with Crippen LogP contribution in [-0.2, 0) is 26.5 Å². The van der Waals surface area contributed by atoms with Crippen molar-refractivity contribution in [3.05, 3.63) is 12.7 Å². The number of hydrogen-bond acceptors (Lipinski definition) is 1. The monoisotopic (exact) mass is 120 g/mol. The van der Waals surface area contributed by atoms with Gasteiger partial charge in [0.1, 0.15) is 0 Å². The number of carbonyl (C=O) groups is 1. The summed E-state index contributed by atoms with van der Waals surface area (Å²) in [5.41, 5.74) is 0. The van der Waals surface area contributed by atoms with Crippen LogP contribution in [-0.4, -0.2) is 11.1 Å². The molecule has 0 aliphatic rings. The van der Waals surface area contributed by atoms with Gasteiger partial charge in [-0.15, -0.1) is 0 Å². The average Bonchev–Trinajstić information content (AvgIpc) is 1.38. The second-order valence-corrected chi connectivity index (χ2v) is 0.542. The predicted molar refractivity (Wildman–Crippen MR) is 17.8 cm³/mol. The summed E-state index contributed by atoms with van der Waals surface area (Å²) in [5, 5.41) is 7.60. The van der Waals surface area contributed by atoms with Crippen LogP contribution in [0.4, 0.5) is 0 Å². The van der Waals surface area contributed by atoms with E-state index in [-0.39, 0.29) is 21.7 Å². The normalized spacial score (nSPS) is 5.33. The zero-order valence-electron chi connectivity index (χ0n) is 3.14. The summed E-state index contributed by atoms with van der Waals surface area (Å²) >= 11 is 0. The van der Waals surface area contributed by atoms with E-state index in [4.69, 9.17) is 5.11 Å².